The summed E-state index contributed by atoms with van der Waals surface area (Å²) in [5.41, 5.74) is 2.08. The quantitative estimate of drug-likeness (QED) is 0.813. The van der Waals surface area contributed by atoms with Gasteiger partial charge in [-0.2, -0.15) is 0 Å². The van der Waals surface area contributed by atoms with Crippen LogP contribution in [-0.2, 0) is 4.79 Å². The van der Waals surface area contributed by atoms with Crippen molar-refractivity contribution in [2.75, 3.05) is 13.1 Å². The molecule has 1 amide bonds. The van der Waals surface area contributed by atoms with E-state index < -0.39 is 6.10 Å². The van der Waals surface area contributed by atoms with Crippen molar-refractivity contribution in [2.45, 2.75) is 64.6 Å². The Morgan fingerprint density at radius 3 is 2.48 bits per heavy atom. The predicted octanol–water partition coefficient (Wildman–Crippen LogP) is 2.80. The van der Waals surface area contributed by atoms with E-state index in [9.17, 15) is 9.90 Å². The molecule has 0 spiro atoms. The van der Waals surface area contributed by atoms with Crippen LogP contribution in [-0.4, -0.2) is 41.1 Å². The van der Waals surface area contributed by atoms with Crippen LogP contribution >= 0.6 is 0 Å². The summed E-state index contributed by atoms with van der Waals surface area (Å²) in [5, 5.41) is 13.6. The van der Waals surface area contributed by atoms with Gasteiger partial charge in [-0.05, 0) is 38.8 Å². The molecule has 23 heavy (non-hydrogen) atoms. The van der Waals surface area contributed by atoms with E-state index >= 15 is 0 Å². The largest absolute Gasteiger partial charge is 0.387 e. The van der Waals surface area contributed by atoms with Crippen molar-refractivity contribution in [1.82, 2.24) is 10.2 Å². The Morgan fingerprint density at radius 2 is 1.91 bits per heavy atom. The third-order valence-electron chi connectivity index (χ3n) is 4.90. The van der Waals surface area contributed by atoms with Gasteiger partial charge in [-0.3, -0.25) is 9.69 Å². The number of nitrogens with one attached hydrogen (secondary N) is 1. The number of hydrogen-bond acceptors (Lipinski definition) is 3. The Bertz CT molecular complexity index is 495. The Kier molecular flexibility index (Phi) is 6.60. The van der Waals surface area contributed by atoms with Gasteiger partial charge in [-0.15, -0.1) is 0 Å². The second kappa shape index (κ2) is 8.46. The van der Waals surface area contributed by atoms with Gasteiger partial charge in [0.1, 0.15) is 0 Å². The van der Waals surface area contributed by atoms with Crippen molar-refractivity contribution in [1.29, 1.82) is 0 Å². The lowest BCUT2D eigenvalue weighted by Crippen LogP contribution is -2.48. The first-order valence-corrected chi connectivity index (χ1v) is 8.80. The van der Waals surface area contributed by atoms with E-state index in [1.54, 1.807) is 0 Å². The van der Waals surface area contributed by atoms with Gasteiger partial charge in [-0.1, -0.05) is 49.6 Å². The molecule has 1 aromatic rings. The zero-order valence-electron chi connectivity index (χ0n) is 14.6. The molecule has 0 heterocycles. The number of rotatable bonds is 7. The van der Waals surface area contributed by atoms with Crippen molar-refractivity contribution in [2.24, 2.45) is 0 Å². The highest BCUT2D eigenvalue weighted by Gasteiger charge is 2.25. The van der Waals surface area contributed by atoms with Crippen molar-refractivity contribution < 1.29 is 9.90 Å². The summed E-state index contributed by atoms with van der Waals surface area (Å²) in [7, 11) is 0. The standard InChI is InChI=1S/C19H30N2O2/c1-4-21(13-18(22)16-11-9-14(2)10-12-16)15(3)19(23)20-17-7-5-6-8-17/h9-12,15,17-18,22H,4-8,13H2,1-3H3,(H,20,23). The third kappa shape index (κ3) is 5.05. The number of carbonyl (C=O) groups excluding carboxylic acids is 1. The summed E-state index contributed by atoms with van der Waals surface area (Å²) in [5.74, 6) is 0.0786. The highest BCUT2D eigenvalue weighted by Crippen LogP contribution is 2.19. The zero-order valence-corrected chi connectivity index (χ0v) is 14.6. The molecule has 1 fully saturated rings. The van der Waals surface area contributed by atoms with E-state index in [0.29, 0.717) is 12.6 Å². The molecular weight excluding hydrogens is 288 g/mol. The summed E-state index contributed by atoms with van der Waals surface area (Å²) in [6.45, 7) is 7.20. The first kappa shape index (κ1) is 18.0. The minimum Gasteiger partial charge on any atom is -0.387 e. The topological polar surface area (TPSA) is 52.6 Å². The molecule has 1 aliphatic rings. The number of nitrogens with zero attached hydrogens (tertiary/aromatic N) is 1. The third-order valence-corrected chi connectivity index (χ3v) is 4.90. The van der Waals surface area contributed by atoms with Crippen LogP contribution in [0.1, 0.15) is 56.8 Å². The maximum atomic E-state index is 12.4. The van der Waals surface area contributed by atoms with E-state index in [1.807, 2.05) is 49.9 Å². The number of amides is 1. The molecule has 128 valence electrons. The smallest absolute Gasteiger partial charge is 0.237 e. The monoisotopic (exact) mass is 318 g/mol. The van der Waals surface area contributed by atoms with Gasteiger partial charge < -0.3 is 10.4 Å². The minimum absolute atomic E-state index is 0.0786. The van der Waals surface area contributed by atoms with Crippen LogP contribution in [0.15, 0.2) is 24.3 Å². The first-order valence-electron chi connectivity index (χ1n) is 8.80. The first-order chi connectivity index (χ1) is 11.0. The lowest BCUT2D eigenvalue weighted by molar-refractivity contribution is -0.127. The molecule has 4 heteroatoms. The van der Waals surface area contributed by atoms with Crippen LogP contribution in [0.25, 0.3) is 0 Å². The summed E-state index contributed by atoms with van der Waals surface area (Å²) >= 11 is 0. The van der Waals surface area contributed by atoms with Crippen LogP contribution < -0.4 is 5.32 Å². The molecule has 0 bridgehead atoms. The zero-order chi connectivity index (χ0) is 16.8. The normalized spacial score (nSPS) is 18.1. The van der Waals surface area contributed by atoms with Crippen LogP contribution in [0.3, 0.4) is 0 Å². The fourth-order valence-electron chi connectivity index (χ4n) is 3.23. The van der Waals surface area contributed by atoms with Gasteiger partial charge in [0.2, 0.25) is 5.91 Å². The molecule has 2 N–H and O–H groups in total. The maximum absolute atomic E-state index is 12.4. The highest BCUT2D eigenvalue weighted by molar-refractivity contribution is 5.81. The molecule has 0 aliphatic heterocycles. The second-order valence-electron chi connectivity index (χ2n) is 6.68. The molecule has 1 saturated carbocycles. The molecule has 1 aromatic carbocycles. The van der Waals surface area contributed by atoms with Gasteiger partial charge in [0, 0.05) is 12.6 Å². The number of hydrogen-bond donors (Lipinski definition) is 2. The molecule has 4 nitrogen and oxygen atoms in total. The molecule has 0 radical (unpaired) electrons. The van der Waals surface area contributed by atoms with E-state index in [4.69, 9.17) is 0 Å². The van der Waals surface area contributed by atoms with Crippen molar-refractivity contribution >= 4 is 5.91 Å². The maximum Gasteiger partial charge on any atom is 0.237 e. The van der Waals surface area contributed by atoms with Crippen LogP contribution in [0, 0.1) is 6.92 Å². The van der Waals surface area contributed by atoms with Crippen molar-refractivity contribution in [3.05, 3.63) is 35.4 Å². The lowest BCUT2D eigenvalue weighted by atomic mass is 10.1. The number of benzene rings is 1. The van der Waals surface area contributed by atoms with Crippen LogP contribution in [0.4, 0.5) is 0 Å². The van der Waals surface area contributed by atoms with Gasteiger partial charge in [0.15, 0.2) is 0 Å². The van der Waals surface area contributed by atoms with E-state index in [0.717, 1.165) is 24.9 Å². The number of aliphatic hydroxyl groups excluding tert-OH is 1. The molecule has 2 unspecified atom stereocenters. The van der Waals surface area contributed by atoms with Gasteiger partial charge in [-0.25, -0.2) is 0 Å². The minimum atomic E-state index is -0.572. The van der Waals surface area contributed by atoms with E-state index in [-0.39, 0.29) is 11.9 Å². The summed E-state index contributed by atoms with van der Waals surface area (Å²) in [6.07, 6.45) is 4.04. The van der Waals surface area contributed by atoms with E-state index in [1.165, 1.54) is 18.4 Å². The summed E-state index contributed by atoms with van der Waals surface area (Å²) in [4.78, 5) is 14.5. The number of carbonyl (C=O) groups is 1. The lowest BCUT2D eigenvalue weighted by Gasteiger charge is -2.30. The second-order valence-corrected chi connectivity index (χ2v) is 6.68. The van der Waals surface area contributed by atoms with Crippen molar-refractivity contribution in [3.63, 3.8) is 0 Å². The van der Waals surface area contributed by atoms with Gasteiger partial charge in [0.05, 0.1) is 12.1 Å². The highest BCUT2D eigenvalue weighted by atomic mass is 16.3. The average Bonchev–Trinajstić information content (AvgIpc) is 3.05. The average molecular weight is 318 g/mol. The molecule has 0 saturated heterocycles. The van der Waals surface area contributed by atoms with Crippen molar-refractivity contribution in [3.8, 4) is 0 Å². The summed E-state index contributed by atoms with van der Waals surface area (Å²) < 4.78 is 0. The Morgan fingerprint density at radius 1 is 1.30 bits per heavy atom. The summed E-state index contributed by atoms with van der Waals surface area (Å²) in [6, 6.07) is 8.04. The van der Waals surface area contributed by atoms with E-state index in [2.05, 4.69) is 5.32 Å². The fourth-order valence-corrected chi connectivity index (χ4v) is 3.23. The van der Waals surface area contributed by atoms with Crippen LogP contribution in [0.2, 0.25) is 0 Å². The number of aryl methyl sites for hydroxylation is 1. The number of likely N-dealkylation sites (N-methyl/N-ethyl adjacent to an activating group) is 1. The Hall–Kier alpha value is -1.39. The van der Waals surface area contributed by atoms with Gasteiger partial charge in [0.25, 0.3) is 0 Å². The van der Waals surface area contributed by atoms with Crippen LogP contribution in [0.5, 0.6) is 0 Å². The molecular formula is C19H30N2O2. The SMILES string of the molecule is CCN(CC(O)c1ccc(C)cc1)C(C)C(=O)NC1CCCC1. The number of aliphatic hydroxyl groups is 1. The predicted molar refractivity (Wildman–Crippen MR) is 93.2 cm³/mol. The molecule has 2 atom stereocenters. The fraction of sp³-hybridized carbons (Fsp3) is 0.632. The molecule has 0 aromatic heterocycles. The van der Waals surface area contributed by atoms with Gasteiger partial charge >= 0.3 is 0 Å². The molecule has 1 aliphatic carbocycles. The Labute approximate surface area is 139 Å². The molecule has 2 rings (SSSR count). The Balaban J connectivity index is 1.91.